The molecule has 0 bridgehead atoms. The van der Waals surface area contributed by atoms with Crippen molar-refractivity contribution < 1.29 is 36.2 Å². The third kappa shape index (κ3) is 6.67. The highest BCUT2D eigenvalue weighted by Crippen LogP contribution is 2.43. The summed E-state index contributed by atoms with van der Waals surface area (Å²) < 4.78 is 78.6. The Morgan fingerprint density at radius 3 is 2.41 bits per heavy atom. The van der Waals surface area contributed by atoms with Crippen LogP contribution in [0.4, 0.5) is 49.1 Å². The lowest BCUT2D eigenvalue weighted by molar-refractivity contribution is -0.245. The average Bonchev–Trinajstić information content (AvgIpc) is 3.03. The van der Waals surface area contributed by atoms with Crippen molar-refractivity contribution in [2.75, 3.05) is 40.6 Å². The van der Waals surface area contributed by atoms with Crippen LogP contribution in [-0.2, 0) is 11.3 Å². The van der Waals surface area contributed by atoms with Gasteiger partial charge >= 0.3 is 12.4 Å². The number of amides is 1. The maximum atomic E-state index is 13.3. The molecule has 2 aliphatic rings. The first-order valence-electron chi connectivity index (χ1n) is 12.8. The van der Waals surface area contributed by atoms with E-state index in [0.717, 1.165) is 5.69 Å². The van der Waals surface area contributed by atoms with Crippen LogP contribution in [0, 0.1) is 5.92 Å². The molecule has 1 amide bonds. The first kappa shape index (κ1) is 31.2. The van der Waals surface area contributed by atoms with Crippen LogP contribution in [0.3, 0.4) is 0 Å². The fourth-order valence-corrected chi connectivity index (χ4v) is 5.26. The average molecular weight is 628 g/mol. The van der Waals surface area contributed by atoms with Gasteiger partial charge in [0.2, 0.25) is 5.60 Å². The molecule has 4 N–H and O–H groups in total. The standard InChI is InChI=1S/C26H29Cl2F6N5O2/c1-24(41,26(32,33)34)22(40)35-13-14-5-6-16(27)18(10-14)36-23-37-19-11-17(28)20(12-21(19)38(23)2)39-8-3-4-15(7-9-39)25(29,30)31/h5-6,10-12,15,23,36-37,41H,3-4,7-9,13H2,1-2H3,(H,35,40). The zero-order chi connectivity index (χ0) is 30.3. The smallest absolute Gasteiger partial charge is 0.373 e. The second-order valence-corrected chi connectivity index (χ2v) is 11.2. The number of alkyl halides is 6. The normalized spacial score (nSPS) is 21.0. The van der Waals surface area contributed by atoms with E-state index in [-0.39, 0.29) is 25.9 Å². The molecule has 3 unspecified atom stereocenters. The van der Waals surface area contributed by atoms with E-state index in [1.807, 2.05) is 15.9 Å². The maximum absolute atomic E-state index is 13.3. The molecule has 0 saturated carbocycles. The summed E-state index contributed by atoms with van der Waals surface area (Å²) in [6, 6.07) is 8.11. The largest absolute Gasteiger partial charge is 0.426 e. The van der Waals surface area contributed by atoms with E-state index in [0.29, 0.717) is 52.6 Å². The summed E-state index contributed by atoms with van der Waals surface area (Å²) >= 11 is 12.9. The van der Waals surface area contributed by atoms with Gasteiger partial charge in [-0.3, -0.25) is 4.79 Å². The number of nitrogens with zero attached hydrogens (tertiary/aromatic N) is 2. The van der Waals surface area contributed by atoms with Gasteiger partial charge in [0.15, 0.2) is 6.29 Å². The Kier molecular flexibility index (Phi) is 8.73. The van der Waals surface area contributed by atoms with Gasteiger partial charge in [-0.1, -0.05) is 29.3 Å². The summed E-state index contributed by atoms with van der Waals surface area (Å²) in [5, 5.41) is 18.8. The van der Waals surface area contributed by atoms with Crippen molar-refractivity contribution in [3.63, 3.8) is 0 Å². The first-order chi connectivity index (χ1) is 19.0. The summed E-state index contributed by atoms with van der Waals surface area (Å²) in [5.74, 6) is -2.93. The predicted molar refractivity (Wildman–Crippen MR) is 146 cm³/mol. The minimum Gasteiger partial charge on any atom is -0.373 e. The van der Waals surface area contributed by atoms with E-state index >= 15 is 0 Å². The van der Waals surface area contributed by atoms with Gasteiger partial charge in [-0.05, 0) is 56.0 Å². The minimum atomic E-state index is -5.14. The molecule has 2 aromatic carbocycles. The molecular formula is C26H29Cl2F6N5O2. The van der Waals surface area contributed by atoms with E-state index in [9.17, 15) is 36.2 Å². The van der Waals surface area contributed by atoms with Crippen molar-refractivity contribution >= 4 is 51.9 Å². The van der Waals surface area contributed by atoms with Gasteiger partial charge < -0.3 is 30.9 Å². The fourth-order valence-electron chi connectivity index (χ4n) is 4.80. The van der Waals surface area contributed by atoms with Gasteiger partial charge in [-0.25, -0.2) is 0 Å². The number of hydrogen-bond donors (Lipinski definition) is 4. The number of anilines is 4. The van der Waals surface area contributed by atoms with Crippen LogP contribution < -0.4 is 25.8 Å². The van der Waals surface area contributed by atoms with E-state index in [4.69, 9.17) is 23.2 Å². The van der Waals surface area contributed by atoms with Gasteiger partial charge in [0, 0.05) is 26.7 Å². The summed E-state index contributed by atoms with van der Waals surface area (Å²) in [6.07, 6.45) is -9.46. The summed E-state index contributed by atoms with van der Waals surface area (Å²) in [7, 11) is 1.79. The van der Waals surface area contributed by atoms with Crippen molar-refractivity contribution in [1.29, 1.82) is 0 Å². The SMILES string of the molecule is CN1c2cc(N3CCCC(C(F)(F)F)CC3)c(Cl)cc2NC1Nc1cc(CNC(=O)C(C)(O)C(F)(F)F)ccc1Cl. The molecule has 7 nitrogen and oxygen atoms in total. The number of carbonyl (C=O) groups is 1. The Labute approximate surface area is 242 Å². The second-order valence-electron chi connectivity index (χ2n) is 10.3. The Hall–Kier alpha value is -2.77. The number of halogens is 8. The Morgan fingerprint density at radius 2 is 1.76 bits per heavy atom. The summed E-state index contributed by atoms with van der Waals surface area (Å²) in [6.45, 7) is 0.745. The third-order valence-corrected chi connectivity index (χ3v) is 8.06. The van der Waals surface area contributed by atoms with Crippen LogP contribution in [-0.4, -0.2) is 55.4 Å². The lowest BCUT2D eigenvalue weighted by Crippen LogP contribution is -2.54. The summed E-state index contributed by atoms with van der Waals surface area (Å²) in [4.78, 5) is 15.6. The molecule has 15 heteroatoms. The molecule has 1 saturated heterocycles. The quantitative estimate of drug-likeness (QED) is 0.280. The molecule has 41 heavy (non-hydrogen) atoms. The zero-order valence-electron chi connectivity index (χ0n) is 22.1. The highest BCUT2D eigenvalue weighted by molar-refractivity contribution is 6.34. The molecule has 226 valence electrons. The van der Waals surface area contributed by atoms with E-state index in [2.05, 4.69) is 16.0 Å². The topological polar surface area (TPSA) is 79.9 Å². The fraction of sp³-hybridized carbons (Fsp3) is 0.500. The van der Waals surface area contributed by atoms with Crippen LogP contribution in [0.15, 0.2) is 30.3 Å². The molecule has 1 fully saturated rings. The molecule has 4 rings (SSSR count). The van der Waals surface area contributed by atoms with Crippen LogP contribution in [0.25, 0.3) is 0 Å². The van der Waals surface area contributed by atoms with Crippen molar-refractivity contribution in [3.8, 4) is 0 Å². The predicted octanol–water partition coefficient (Wildman–Crippen LogP) is 6.35. The zero-order valence-corrected chi connectivity index (χ0v) is 23.6. The highest BCUT2D eigenvalue weighted by Gasteiger charge is 2.55. The van der Waals surface area contributed by atoms with Crippen LogP contribution in [0.2, 0.25) is 10.0 Å². The van der Waals surface area contributed by atoms with Crippen LogP contribution in [0.5, 0.6) is 0 Å². The van der Waals surface area contributed by atoms with Crippen LogP contribution in [0.1, 0.15) is 31.7 Å². The van der Waals surface area contributed by atoms with Gasteiger partial charge in [0.1, 0.15) is 0 Å². The number of nitrogens with one attached hydrogen (secondary N) is 3. The summed E-state index contributed by atoms with van der Waals surface area (Å²) in [5.41, 5.74) is -0.660. The van der Waals surface area contributed by atoms with Crippen molar-refractivity contribution in [2.45, 2.75) is 57.0 Å². The number of carbonyl (C=O) groups excluding carboxylic acids is 1. The Morgan fingerprint density at radius 1 is 1.05 bits per heavy atom. The number of aliphatic hydroxyl groups is 1. The lowest BCUT2D eigenvalue weighted by atomic mass is 10.0. The van der Waals surface area contributed by atoms with Crippen molar-refractivity contribution in [3.05, 3.63) is 45.9 Å². The van der Waals surface area contributed by atoms with Gasteiger partial charge in [0.05, 0.1) is 38.7 Å². The number of fused-ring (bicyclic) bond motifs is 1. The molecule has 2 aliphatic heterocycles. The molecule has 2 heterocycles. The minimum absolute atomic E-state index is 0.0156. The van der Waals surface area contributed by atoms with Gasteiger partial charge in [0.25, 0.3) is 5.91 Å². The van der Waals surface area contributed by atoms with Crippen molar-refractivity contribution in [1.82, 2.24) is 5.32 Å². The highest BCUT2D eigenvalue weighted by atomic mass is 35.5. The van der Waals surface area contributed by atoms with E-state index < -0.39 is 36.1 Å². The molecule has 2 aromatic rings. The lowest BCUT2D eigenvalue weighted by Gasteiger charge is -2.27. The first-order valence-corrected chi connectivity index (χ1v) is 13.5. The van der Waals surface area contributed by atoms with Crippen molar-refractivity contribution in [2.24, 2.45) is 5.92 Å². The third-order valence-electron chi connectivity index (χ3n) is 7.43. The second kappa shape index (κ2) is 11.5. The van der Waals surface area contributed by atoms with Gasteiger partial charge in [-0.15, -0.1) is 0 Å². The number of benzene rings is 2. The number of hydrogen-bond acceptors (Lipinski definition) is 6. The molecular weight excluding hydrogens is 599 g/mol. The van der Waals surface area contributed by atoms with E-state index in [1.54, 1.807) is 19.2 Å². The molecule has 0 spiro atoms. The monoisotopic (exact) mass is 627 g/mol. The Bertz CT molecular complexity index is 1290. The Balaban J connectivity index is 1.46. The van der Waals surface area contributed by atoms with Gasteiger partial charge in [-0.2, -0.15) is 26.3 Å². The molecule has 0 aromatic heterocycles. The molecule has 3 atom stereocenters. The molecule has 0 radical (unpaired) electrons. The van der Waals surface area contributed by atoms with Crippen LogP contribution >= 0.6 is 23.2 Å². The van der Waals surface area contributed by atoms with E-state index in [1.165, 1.54) is 12.1 Å². The maximum Gasteiger partial charge on any atom is 0.426 e. The molecule has 0 aliphatic carbocycles. The number of rotatable bonds is 6.